The van der Waals surface area contributed by atoms with Crippen molar-refractivity contribution in [2.45, 2.75) is 25.4 Å². The summed E-state index contributed by atoms with van der Waals surface area (Å²) in [5.74, 6) is 0.730. The molecule has 1 aliphatic heterocycles. The predicted molar refractivity (Wildman–Crippen MR) is 126 cm³/mol. The molecule has 7 heteroatoms. The average Bonchev–Trinajstić information content (AvgIpc) is 3.63. The Hall–Kier alpha value is -3.71. The molecule has 168 valence electrons. The molecule has 0 saturated carbocycles. The van der Waals surface area contributed by atoms with Gasteiger partial charge in [0, 0.05) is 30.7 Å². The highest BCUT2D eigenvalue weighted by molar-refractivity contribution is 5.99. The van der Waals surface area contributed by atoms with Crippen LogP contribution in [0.3, 0.4) is 0 Å². The van der Waals surface area contributed by atoms with E-state index in [9.17, 15) is 4.79 Å². The Kier molecular flexibility index (Phi) is 6.30. The topological polar surface area (TPSA) is 76.2 Å². The zero-order chi connectivity index (χ0) is 22.5. The zero-order valence-electron chi connectivity index (χ0n) is 18.4. The monoisotopic (exact) mass is 441 g/mol. The standard InChI is InChI=1S/C26H27N5O2/c32-26(28-17-23(24-11-7-15-33-24)30-13-4-5-14-30)22-19-31(18-20-8-2-1-3-9-20)29-25(22)21-10-6-12-27-16-21/h1-3,6-12,15-16,19,23H,4-5,13-14,17-18H2,(H,28,32)/t23-/m1/s1. The summed E-state index contributed by atoms with van der Waals surface area (Å²) in [7, 11) is 0. The van der Waals surface area contributed by atoms with E-state index in [1.807, 2.05) is 53.3 Å². The smallest absolute Gasteiger partial charge is 0.255 e. The van der Waals surface area contributed by atoms with Gasteiger partial charge in [0.15, 0.2) is 0 Å². The number of furan rings is 1. The molecule has 1 fully saturated rings. The molecule has 1 aliphatic rings. The summed E-state index contributed by atoms with van der Waals surface area (Å²) >= 11 is 0. The molecule has 1 aromatic carbocycles. The van der Waals surface area contributed by atoms with E-state index in [0.29, 0.717) is 24.3 Å². The third-order valence-electron chi connectivity index (χ3n) is 6.04. The van der Waals surface area contributed by atoms with Crippen LogP contribution in [0.25, 0.3) is 11.3 Å². The Bertz CT molecular complexity index is 1170. The van der Waals surface area contributed by atoms with E-state index in [-0.39, 0.29) is 11.9 Å². The quantitative estimate of drug-likeness (QED) is 0.444. The number of benzene rings is 1. The van der Waals surface area contributed by atoms with Crippen LogP contribution in [-0.4, -0.2) is 45.2 Å². The minimum atomic E-state index is -0.149. The van der Waals surface area contributed by atoms with Gasteiger partial charge in [-0.15, -0.1) is 0 Å². The van der Waals surface area contributed by atoms with Crippen molar-refractivity contribution in [1.29, 1.82) is 0 Å². The Balaban J connectivity index is 1.39. The molecule has 0 radical (unpaired) electrons. The second-order valence-electron chi connectivity index (χ2n) is 8.30. The molecule has 3 aromatic heterocycles. The van der Waals surface area contributed by atoms with Gasteiger partial charge in [0.1, 0.15) is 11.5 Å². The van der Waals surface area contributed by atoms with Crippen molar-refractivity contribution in [1.82, 2.24) is 25.0 Å². The van der Waals surface area contributed by atoms with E-state index < -0.39 is 0 Å². The van der Waals surface area contributed by atoms with Gasteiger partial charge in [-0.1, -0.05) is 30.3 Å². The Morgan fingerprint density at radius 1 is 1.06 bits per heavy atom. The van der Waals surface area contributed by atoms with Crippen molar-refractivity contribution >= 4 is 5.91 Å². The first kappa shape index (κ1) is 21.2. The fourth-order valence-corrected chi connectivity index (χ4v) is 4.38. The maximum absolute atomic E-state index is 13.4. The van der Waals surface area contributed by atoms with Gasteiger partial charge in [0.25, 0.3) is 5.91 Å². The fourth-order valence-electron chi connectivity index (χ4n) is 4.38. The summed E-state index contributed by atoms with van der Waals surface area (Å²) in [4.78, 5) is 19.9. The maximum atomic E-state index is 13.4. The van der Waals surface area contributed by atoms with Crippen molar-refractivity contribution in [3.63, 3.8) is 0 Å². The van der Waals surface area contributed by atoms with Gasteiger partial charge < -0.3 is 9.73 Å². The normalized spacial score (nSPS) is 14.9. The van der Waals surface area contributed by atoms with Gasteiger partial charge in [-0.2, -0.15) is 5.10 Å². The van der Waals surface area contributed by atoms with Gasteiger partial charge >= 0.3 is 0 Å². The van der Waals surface area contributed by atoms with Crippen LogP contribution < -0.4 is 5.32 Å². The summed E-state index contributed by atoms with van der Waals surface area (Å²) in [5.41, 5.74) is 3.11. The number of carbonyl (C=O) groups is 1. The first-order valence-corrected chi connectivity index (χ1v) is 11.4. The molecule has 33 heavy (non-hydrogen) atoms. The van der Waals surface area contributed by atoms with Gasteiger partial charge in [0.05, 0.1) is 24.4 Å². The van der Waals surface area contributed by atoms with Crippen molar-refractivity contribution in [2.75, 3.05) is 19.6 Å². The molecule has 1 atom stereocenters. The maximum Gasteiger partial charge on any atom is 0.255 e. The van der Waals surface area contributed by atoms with Crippen LogP contribution >= 0.6 is 0 Å². The largest absolute Gasteiger partial charge is 0.468 e. The Morgan fingerprint density at radius 3 is 2.64 bits per heavy atom. The summed E-state index contributed by atoms with van der Waals surface area (Å²) in [6.07, 6.45) is 9.30. The molecule has 0 bridgehead atoms. The van der Waals surface area contributed by atoms with Crippen molar-refractivity contribution < 1.29 is 9.21 Å². The molecule has 0 aliphatic carbocycles. The molecule has 0 unspecified atom stereocenters. The number of hydrogen-bond donors (Lipinski definition) is 1. The summed E-state index contributed by atoms with van der Waals surface area (Å²) in [6, 6.07) is 17.8. The van der Waals surface area contributed by atoms with Crippen LogP contribution in [-0.2, 0) is 6.54 Å². The van der Waals surface area contributed by atoms with Gasteiger partial charge in [0.2, 0.25) is 0 Å². The van der Waals surface area contributed by atoms with Gasteiger partial charge in [-0.25, -0.2) is 0 Å². The highest BCUT2D eigenvalue weighted by Gasteiger charge is 2.27. The molecule has 4 heterocycles. The van der Waals surface area contributed by atoms with E-state index in [2.05, 4.69) is 27.3 Å². The van der Waals surface area contributed by atoms with E-state index in [4.69, 9.17) is 9.52 Å². The third-order valence-corrected chi connectivity index (χ3v) is 6.04. The lowest BCUT2D eigenvalue weighted by Crippen LogP contribution is -2.36. The zero-order valence-corrected chi connectivity index (χ0v) is 18.4. The van der Waals surface area contributed by atoms with E-state index in [1.54, 1.807) is 18.7 Å². The number of hydrogen-bond acceptors (Lipinski definition) is 5. The molecule has 4 aromatic rings. The number of aromatic nitrogens is 3. The summed E-state index contributed by atoms with van der Waals surface area (Å²) in [6.45, 7) is 3.08. The highest BCUT2D eigenvalue weighted by Crippen LogP contribution is 2.26. The SMILES string of the molecule is O=C(NC[C@H](c1ccco1)N1CCCC1)c1cn(Cc2ccccc2)nc1-c1cccnc1. The Morgan fingerprint density at radius 2 is 1.91 bits per heavy atom. The number of likely N-dealkylation sites (tertiary alicyclic amines) is 1. The average molecular weight is 442 g/mol. The number of pyridine rings is 1. The lowest BCUT2D eigenvalue weighted by molar-refractivity contribution is 0.0934. The first-order chi connectivity index (χ1) is 16.3. The van der Waals surface area contributed by atoms with Crippen molar-refractivity contribution in [3.05, 3.63) is 96.3 Å². The number of rotatable bonds is 8. The lowest BCUT2D eigenvalue weighted by Gasteiger charge is -2.26. The van der Waals surface area contributed by atoms with Crippen LogP contribution in [0.5, 0.6) is 0 Å². The van der Waals surface area contributed by atoms with E-state index >= 15 is 0 Å². The van der Waals surface area contributed by atoms with Gasteiger partial charge in [-0.3, -0.25) is 19.4 Å². The van der Waals surface area contributed by atoms with Crippen LogP contribution in [0.2, 0.25) is 0 Å². The number of nitrogens with zero attached hydrogens (tertiary/aromatic N) is 4. The van der Waals surface area contributed by atoms with Crippen LogP contribution in [0.4, 0.5) is 0 Å². The first-order valence-electron chi connectivity index (χ1n) is 11.4. The van der Waals surface area contributed by atoms with Crippen molar-refractivity contribution in [2.24, 2.45) is 0 Å². The molecule has 5 rings (SSSR count). The molecule has 1 saturated heterocycles. The minimum Gasteiger partial charge on any atom is -0.468 e. The molecule has 1 amide bonds. The number of amides is 1. The highest BCUT2D eigenvalue weighted by atomic mass is 16.3. The lowest BCUT2D eigenvalue weighted by atomic mass is 10.1. The Labute approximate surface area is 193 Å². The van der Waals surface area contributed by atoms with E-state index in [1.165, 1.54) is 12.8 Å². The fraction of sp³-hybridized carbons (Fsp3) is 0.269. The molecular weight excluding hydrogens is 414 g/mol. The van der Waals surface area contributed by atoms with Crippen molar-refractivity contribution in [3.8, 4) is 11.3 Å². The second-order valence-corrected chi connectivity index (χ2v) is 8.30. The van der Waals surface area contributed by atoms with Crippen LogP contribution in [0, 0.1) is 0 Å². The summed E-state index contributed by atoms with van der Waals surface area (Å²) in [5, 5.41) is 7.88. The summed E-state index contributed by atoms with van der Waals surface area (Å²) < 4.78 is 7.51. The third kappa shape index (κ3) is 4.88. The number of carbonyl (C=O) groups excluding carboxylic acids is 1. The minimum absolute atomic E-state index is 0.0210. The predicted octanol–water partition coefficient (Wildman–Crippen LogP) is 4.15. The van der Waals surface area contributed by atoms with E-state index in [0.717, 1.165) is 30.0 Å². The molecule has 1 N–H and O–H groups in total. The molecular formula is C26H27N5O2. The number of nitrogens with one attached hydrogen (secondary N) is 1. The van der Waals surface area contributed by atoms with Crippen LogP contribution in [0.15, 0.2) is 83.9 Å². The van der Waals surface area contributed by atoms with Crippen LogP contribution in [0.1, 0.15) is 40.6 Å². The molecule has 0 spiro atoms. The molecule has 7 nitrogen and oxygen atoms in total. The van der Waals surface area contributed by atoms with Gasteiger partial charge in [-0.05, 0) is 55.8 Å². The second kappa shape index (κ2) is 9.83.